The second-order valence-electron chi connectivity index (χ2n) is 7.01. The molecule has 11 heteroatoms. The Hall–Kier alpha value is -1.72. The van der Waals surface area contributed by atoms with Crippen LogP contribution in [0.4, 0.5) is 0 Å². The summed E-state index contributed by atoms with van der Waals surface area (Å²) in [5.41, 5.74) is 0. The number of amides is 1. The van der Waals surface area contributed by atoms with Crippen LogP contribution >= 0.6 is 34.7 Å². The molecule has 1 aromatic carbocycles. The minimum absolute atomic E-state index is 0.0625. The van der Waals surface area contributed by atoms with Crippen LogP contribution in [0.1, 0.15) is 12.8 Å². The van der Waals surface area contributed by atoms with Crippen molar-refractivity contribution in [2.45, 2.75) is 22.8 Å². The highest BCUT2D eigenvalue weighted by atomic mass is 35.5. The van der Waals surface area contributed by atoms with Crippen LogP contribution < -0.4 is 0 Å². The minimum atomic E-state index is -3.57. The highest BCUT2D eigenvalue weighted by molar-refractivity contribution is 7.99. The zero-order valence-electron chi connectivity index (χ0n) is 16.6. The van der Waals surface area contributed by atoms with E-state index in [1.165, 1.54) is 16.4 Å². The summed E-state index contributed by atoms with van der Waals surface area (Å²) in [6.45, 7) is 1.39. The Bertz CT molecular complexity index is 1160. The Labute approximate surface area is 194 Å². The van der Waals surface area contributed by atoms with E-state index >= 15 is 0 Å². The average Bonchev–Trinajstić information content (AvgIpc) is 3.27. The number of thioether (sulfide) groups is 1. The smallest absolute Gasteiger partial charge is 0.243 e. The number of hydrogen-bond donors (Lipinski definition) is 0. The molecular formula is C20H21ClN4O3S3. The highest BCUT2D eigenvalue weighted by Gasteiger charge is 2.29. The second-order valence-corrected chi connectivity index (χ2v) is 11.4. The van der Waals surface area contributed by atoms with Gasteiger partial charge < -0.3 is 4.90 Å². The van der Waals surface area contributed by atoms with E-state index < -0.39 is 10.0 Å². The van der Waals surface area contributed by atoms with Crippen LogP contribution in [0.2, 0.25) is 5.02 Å². The lowest BCUT2D eigenvalue weighted by molar-refractivity contribution is -0.132. The SMILES string of the molecule is O=C(CCCSc1ncnc2sccc12)N1CCN(S(=O)(=O)c2ccc(Cl)cc2)CC1. The van der Waals surface area contributed by atoms with Crippen LogP contribution in [0.15, 0.2) is 52.0 Å². The maximum Gasteiger partial charge on any atom is 0.243 e. The molecule has 1 saturated heterocycles. The van der Waals surface area contributed by atoms with Crippen molar-refractivity contribution in [2.75, 3.05) is 31.9 Å². The molecule has 0 bridgehead atoms. The summed E-state index contributed by atoms with van der Waals surface area (Å²) in [7, 11) is -3.57. The summed E-state index contributed by atoms with van der Waals surface area (Å²) in [5, 5.41) is 4.49. The van der Waals surface area contributed by atoms with E-state index in [-0.39, 0.29) is 10.8 Å². The number of aromatic nitrogens is 2. The monoisotopic (exact) mass is 496 g/mol. The average molecular weight is 497 g/mol. The molecule has 0 atom stereocenters. The van der Waals surface area contributed by atoms with Crippen LogP contribution in [-0.4, -0.2) is 65.4 Å². The quantitative estimate of drug-likeness (QED) is 0.281. The Balaban J connectivity index is 1.24. The van der Waals surface area contributed by atoms with Crippen molar-refractivity contribution in [1.29, 1.82) is 0 Å². The highest BCUT2D eigenvalue weighted by Crippen LogP contribution is 2.28. The van der Waals surface area contributed by atoms with Gasteiger partial charge in [0, 0.05) is 48.8 Å². The number of sulfonamides is 1. The van der Waals surface area contributed by atoms with E-state index in [0.29, 0.717) is 37.6 Å². The maximum absolute atomic E-state index is 12.8. The molecule has 3 heterocycles. The van der Waals surface area contributed by atoms with Gasteiger partial charge in [-0.05, 0) is 42.1 Å². The van der Waals surface area contributed by atoms with Crippen LogP contribution in [0, 0.1) is 0 Å². The molecule has 1 aliphatic heterocycles. The van der Waals surface area contributed by atoms with Crippen LogP contribution in [-0.2, 0) is 14.8 Å². The number of carbonyl (C=O) groups excluding carboxylic acids is 1. The van der Waals surface area contributed by atoms with Gasteiger partial charge in [-0.25, -0.2) is 18.4 Å². The summed E-state index contributed by atoms with van der Waals surface area (Å²) in [6, 6.07) is 8.17. The van der Waals surface area contributed by atoms with Crippen LogP contribution in [0.25, 0.3) is 10.2 Å². The Morgan fingerprint density at radius 3 is 2.58 bits per heavy atom. The molecule has 1 amide bonds. The van der Waals surface area contributed by atoms with Crippen molar-refractivity contribution in [3.63, 3.8) is 0 Å². The first-order valence-electron chi connectivity index (χ1n) is 9.79. The van der Waals surface area contributed by atoms with Crippen LogP contribution in [0.5, 0.6) is 0 Å². The zero-order chi connectivity index (χ0) is 21.8. The Morgan fingerprint density at radius 1 is 1.10 bits per heavy atom. The molecule has 31 heavy (non-hydrogen) atoms. The molecule has 1 aliphatic rings. The molecule has 164 valence electrons. The minimum Gasteiger partial charge on any atom is -0.340 e. The summed E-state index contributed by atoms with van der Waals surface area (Å²) in [4.78, 5) is 24.1. The van der Waals surface area contributed by atoms with E-state index in [9.17, 15) is 13.2 Å². The molecule has 0 unspecified atom stereocenters. The topological polar surface area (TPSA) is 83.5 Å². The molecule has 7 nitrogen and oxygen atoms in total. The standard InChI is InChI=1S/C20H21ClN4O3S3/c21-15-3-5-16(6-4-15)31(27,28)25-10-8-24(9-11-25)18(26)2-1-12-29-19-17-7-13-30-20(17)23-14-22-19/h3-7,13-14H,1-2,8-12H2. The first kappa shape index (κ1) is 22.5. The van der Waals surface area contributed by atoms with Gasteiger partial charge in [0.1, 0.15) is 16.2 Å². The molecule has 0 aliphatic carbocycles. The van der Waals surface area contributed by atoms with E-state index in [2.05, 4.69) is 9.97 Å². The third-order valence-corrected chi connectivity index (χ3v) is 9.12. The predicted octanol–water partition coefficient (Wildman–Crippen LogP) is 3.75. The maximum atomic E-state index is 12.8. The Morgan fingerprint density at radius 2 is 1.84 bits per heavy atom. The van der Waals surface area contributed by atoms with Gasteiger partial charge in [0.15, 0.2) is 0 Å². The number of benzene rings is 1. The van der Waals surface area contributed by atoms with Gasteiger partial charge in [0.2, 0.25) is 15.9 Å². The van der Waals surface area contributed by atoms with Gasteiger partial charge in [0.25, 0.3) is 0 Å². The number of rotatable bonds is 7. The number of halogens is 1. The number of hydrogen-bond acceptors (Lipinski definition) is 7. The van der Waals surface area contributed by atoms with Gasteiger partial charge in [-0.2, -0.15) is 4.31 Å². The summed E-state index contributed by atoms with van der Waals surface area (Å²) >= 11 is 9.07. The van der Waals surface area contributed by atoms with Gasteiger partial charge in [-0.1, -0.05) is 11.6 Å². The van der Waals surface area contributed by atoms with Crippen molar-refractivity contribution in [2.24, 2.45) is 0 Å². The first-order valence-corrected chi connectivity index (χ1v) is 13.5. The van der Waals surface area contributed by atoms with Gasteiger partial charge >= 0.3 is 0 Å². The third kappa shape index (κ3) is 5.20. The molecule has 0 saturated carbocycles. The molecule has 0 N–H and O–H groups in total. The largest absolute Gasteiger partial charge is 0.340 e. The third-order valence-electron chi connectivity index (χ3n) is 5.04. The molecular weight excluding hydrogens is 476 g/mol. The summed E-state index contributed by atoms with van der Waals surface area (Å²) in [6.07, 6.45) is 2.75. The molecule has 4 rings (SSSR count). The lowest BCUT2D eigenvalue weighted by Crippen LogP contribution is -2.50. The number of nitrogens with zero attached hydrogens (tertiary/aromatic N) is 4. The van der Waals surface area contributed by atoms with E-state index in [4.69, 9.17) is 11.6 Å². The number of carbonyl (C=O) groups is 1. The van der Waals surface area contributed by atoms with Gasteiger partial charge in [0.05, 0.1) is 4.90 Å². The second kappa shape index (κ2) is 9.83. The zero-order valence-corrected chi connectivity index (χ0v) is 19.8. The lowest BCUT2D eigenvalue weighted by Gasteiger charge is -2.34. The molecule has 1 fully saturated rings. The Kier molecular flexibility index (Phi) is 7.12. The fourth-order valence-electron chi connectivity index (χ4n) is 3.37. The molecule has 0 radical (unpaired) electrons. The first-order chi connectivity index (χ1) is 14.9. The van der Waals surface area contributed by atoms with E-state index in [0.717, 1.165) is 27.4 Å². The lowest BCUT2D eigenvalue weighted by atomic mass is 10.2. The normalized spacial score (nSPS) is 15.5. The van der Waals surface area contributed by atoms with Gasteiger partial charge in [-0.3, -0.25) is 4.79 Å². The van der Waals surface area contributed by atoms with E-state index in [1.54, 1.807) is 46.5 Å². The van der Waals surface area contributed by atoms with Crippen molar-refractivity contribution < 1.29 is 13.2 Å². The number of piperazine rings is 1. The fraction of sp³-hybridized carbons (Fsp3) is 0.350. The van der Waals surface area contributed by atoms with Gasteiger partial charge in [-0.15, -0.1) is 23.1 Å². The van der Waals surface area contributed by atoms with Crippen LogP contribution in [0.3, 0.4) is 0 Å². The van der Waals surface area contributed by atoms with Crippen molar-refractivity contribution >= 4 is 60.8 Å². The van der Waals surface area contributed by atoms with Crippen molar-refractivity contribution in [3.05, 3.63) is 47.1 Å². The van der Waals surface area contributed by atoms with Crippen molar-refractivity contribution in [1.82, 2.24) is 19.2 Å². The molecule has 2 aromatic heterocycles. The molecule has 0 spiro atoms. The van der Waals surface area contributed by atoms with E-state index in [1.807, 2.05) is 11.4 Å². The van der Waals surface area contributed by atoms with Crippen molar-refractivity contribution in [3.8, 4) is 0 Å². The number of fused-ring (bicyclic) bond motifs is 1. The predicted molar refractivity (Wildman–Crippen MR) is 124 cm³/mol. The number of thiophene rings is 1. The summed E-state index contributed by atoms with van der Waals surface area (Å²) in [5.74, 6) is 0.853. The summed E-state index contributed by atoms with van der Waals surface area (Å²) < 4.78 is 27.0. The molecule has 3 aromatic rings. The fourth-order valence-corrected chi connectivity index (χ4v) is 6.64.